The molecule has 0 aliphatic heterocycles. The molecule has 2 aromatic rings. The zero-order chi connectivity index (χ0) is 14.8. The van der Waals surface area contributed by atoms with Crippen molar-refractivity contribution in [2.75, 3.05) is 0 Å². The van der Waals surface area contributed by atoms with Gasteiger partial charge in [-0.05, 0) is 37.6 Å². The third-order valence-electron chi connectivity index (χ3n) is 3.36. The zero-order valence-electron chi connectivity index (χ0n) is 11.5. The number of phenolic OH excluding ortho intramolecular Hbond substituents is 1. The molecule has 0 bridgehead atoms. The lowest BCUT2D eigenvalue weighted by Crippen LogP contribution is -2.35. The molecule has 0 atom stereocenters. The summed E-state index contributed by atoms with van der Waals surface area (Å²) in [4.78, 5) is 0. The van der Waals surface area contributed by atoms with Gasteiger partial charge in [-0.15, -0.1) is 0 Å². The van der Waals surface area contributed by atoms with Crippen molar-refractivity contribution in [2.24, 2.45) is 0 Å². The fourth-order valence-electron chi connectivity index (χ4n) is 1.99. The van der Waals surface area contributed by atoms with Gasteiger partial charge in [0, 0.05) is 22.1 Å². The average Bonchev–Trinajstić information content (AvgIpc) is 2.41. The van der Waals surface area contributed by atoms with Crippen LogP contribution in [0.2, 0.25) is 5.02 Å². The van der Waals surface area contributed by atoms with E-state index in [1.165, 1.54) is 5.56 Å². The van der Waals surface area contributed by atoms with E-state index in [-0.39, 0.29) is 11.3 Å². The largest absolute Gasteiger partial charge is 0.506 e. The summed E-state index contributed by atoms with van der Waals surface area (Å²) in [6.07, 6.45) is 0. The van der Waals surface area contributed by atoms with Gasteiger partial charge < -0.3 is 10.4 Å². The van der Waals surface area contributed by atoms with Gasteiger partial charge in [0.05, 0.1) is 5.02 Å². The van der Waals surface area contributed by atoms with E-state index in [1.807, 2.05) is 24.3 Å². The summed E-state index contributed by atoms with van der Waals surface area (Å²) >= 11 is 9.35. The second-order valence-electron chi connectivity index (χ2n) is 5.23. The third kappa shape index (κ3) is 3.54. The summed E-state index contributed by atoms with van der Waals surface area (Å²) in [7, 11) is 0. The maximum atomic E-state index is 9.92. The Balaban J connectivity index is 2.12. The Labute approximate surface area is 132 Å². The number of halogens is 2. The Morgan fingerprint density at radius 1 is 1.15 bits per heavy atom. The molecule has 0 radical (unpaired) electrons. The van der Waals surface area contributed by atoms with Crippen LogP contribution in [0.15, 0.2) is 46.9 Å². The molecule has 0 saturated carbocycles. The molecule has 0 heterocycles. The van der Waals surface area contributed by atoms with Crippen LogP contribution < -0.4 is 5.32 Å². The van der Waals surface area contributed by atoms with Crippen molar-refractivity contribution in [3.8, 4) is 5.75 Å². The van der Waals surface area contributed by atoms with Crippen molar-refractivity contribution >= 4 is 27.5 Å². The van der Waals surface area contributed by atoms with Crippen molar-refractivity contribution in [1.29, 1.82) is 0 Å². The highest BCUT2D eigenvalue weighted by Crippen LogP contribution is 2.28. The van der Waals surface area contributed by atoms with E-state index in [0.29, 0.717) is 11.6 Å². The number of para-hydroxylation sites is 1. The first-order chi connectivity index (χ1) is 9.40. The van der Waals surface area contributed by atoms with Gasteiger partial charge in [0.2, 0.25) is 0 Å². The summed E-state index contributed by atoms with van der Waals surface area (Å²) in [5.74, 6) is 0.147. The number of benzene rings is 2. The molecule has 0 spiro atoms. The van der Waals surface area contributed by atoms with Crippen LogP contribution in [0.1, 0.15) is 25.0 Å². The molecular weight excluding hydrogens is 338 g/mol. The van der Waals surface area contributed by atoms with Gasteiger partial charge in [0.15, 0.2) is 0 Å². The van der Waals surface area contributed by atoms with E-state index >= 15 is 0 Å². The standard InChI is InChI=1S/C16H17BrClNO/c1-16(2,12-6-8-13(17)9-7-12)19-10-11-4-3-5-14(18)15(11)20/h3-9,19-20H,10H2,1-2H3. The molecule has 2 rings (SSSR count). The molecule has 0 saturated heterocycles. The average molecular weight is 355 g/mol. The van der Waals surface area contributed by atoms with Crippen LogP contribution in [0.3, 0.4) is 0 Å². The Kier molecular flexibility index (Phi) is 4.74. The molecule has 2 aromatic carbocycles. The second kappa shape index (κ2) is 6.17. The molecule has 2 nitrogen and oxygen atoms in total. The molecule has 20 heavy (non-hydrogen) atoms. The molecule has 0 unspecified atom stereocenters. The van der Waals surface area contributed by atoms with Gasteiger partial charge in [-0.1, -0.05) is 51.8 Å². The van der Waals surface area contributed by atoms with Crippen LogP contribution in [0, 0.1) is 0 Å². The van der Waals surface area contributed by atoms with E-state index < -0.39 is 0 Å². The van der Waals surface area contributed by atoms with Gasteiger partial charge in [-0.2, -0.15) is 0 Å². The molecule has 0 amide bonds. The Hall–Kier alpha value is -1.03. The lowest BCUT2D eigenvalue weighted by molar-refractivity contribution is 0.392. The Morgan fingerprint density at radius 2 is 1.80 bits per heavy atom. The first-order valence-corrected chi connectivity index (χ1v) is 7.55. The van der Waals surface area contributed by atoms with E-state index in [1.54, 1.807) is 6.07 Å². The molecule has 0 aliphatic rings. The number of hydrogen-bond donors (Lipinski definition) is 2. The molecule has 4 heteroatoms. The Bertz CT molecular complexity index is 596. The van der Waals surface area contributed by atoms with Crippen LogP contribution >= 0.6 is 27.5 Å². The van der Waals surface area contributed by atoms with Gasteiger partial charge in [-0.25, -0.2) is 0 Å². The quantitative estimate of drug-likeness (QED) is 0.824. The SMILES string of the molecule is CC(C)(NCc1cccc(Cl)c1O)c1ccc(Br)cc1. The highest BCUT2D eigenvalue weighted by atomic mass is 79.9. The number of aromatic hydroxyl groups is 1. The topological polar surface area (TPSA) is 32.3 Å². The van der Waals surface area contributed by atoms with Crippen molar-refractivity contribution in [2.45, 2.75) is 25.9 Å². The summed E-state index contributed by atoms with van der Waals surface area (Å²) in [6.45, 7) is 4.77. The fourth-order valence-corrected chi connectivity index (χ4v) is 2.45. The molecule has 106 valence electrons. The number of rotatable bonds is 4. The van der Waals surface area contributed by atoms with Crippen LogP contribution in [0.4, 0.5) is 0 Å². The van der Waals surface area contributed by atoms with Gasteiger partial charge >= 0.3 is 0 Å². The predicted molar refractivity (Wildman–Crippen MR) is 87.1 cm³/mol. The molecule has 0 aliphatic carbocycles. The van der Waals surface area contributed by atoms with Crippen LogP contribution in [0.5, 0.6) is 5.75 Å². The maximum Gasteiger partial charge on any atom is 0.138 e. The Morgan fingerprint density at radius 3 is 2.45 bits per heavy atom. The van der Waals surface area contributed by atoms with Crippen molar-refractivity contribution < 1.29 is 5.11 Å². The smallest absolute Gasteiger partial charge is 0.138 e. The minimum atomic E-state index is -0.199. The number of phenols is 1. The summed E-state index contributed by atoms with van der Waals surface area (Å²) in [5, 5.41) is 13.7. The van der Waals surface area contributed by atoms with Crippen LogP contribution in [-0.2, 0) is 12.1 Å². The van der Waals surface area contributed by atoms with E-state index in [4.69, 9.17) is 11.6 Å². The summed E-state index contributed by atoms with van der Waals surface area (Å²) < 4.78 is 1.06. The fraction of sp³-hybridized carbons (Fsp3) is 0.250. The minimum absolute atomic E-state index is 0.147. The van der Waals surface area contributed by atoms with Crippen molar-refractivity contribution in [3.05, 3.63) is 63.1 Å². The van der Waals surface area contributed by atoms with Crippen LogP contribution in [-0.4, -0.2) is 5.11 Å². The number of hydrogen-bond acceptors (Lipinski definition) is 2. The number of nitrogens with one attached hydrogen (secondary N) is 1. The van der Waals surface area contributed by atoms with Gasteiger partial charge in [-0.3, -0.25) is 0 Å². The highest BCUT2D eigenvalue weighted by molar-refractivity contribution is 9.10. The molecule has 0 fully saturated rings. The molecular formula is C16H17BrClNO. The van der Waals surface area contributed by atoms with E-state index in [9.17, 15) is 5.11 Å². The lowest BCUT2D eigenvalue weighted by Gasteiger charge is -2.27. The van der Waals surface area contributed by atoms with Crippen molar-refractivity contribution in [3.63, 3.8) is 0 Å². The zero-order valence-corrected chi connectivity index (χ0v) is 13.8. The normalized spacial score (nSPS) is 11.6. The highest BCUT2D eigenvalue weighted by Gasteiger charge is 2.20. The van der Waals surface area contributed by atoms with Crippen molar-refractivity contribution in [1.82, 2.24) is 5.32 Å². The van der Waals surface area contributed by atoms with Gasteiger partial charge in [0.25, 0.3) is 0 Å². The second-order valence-corrected chi connectivity index (χ2v) is 6.56. The van der Waals surface area contributed by atoms with E-state index in [2.05, 4.69) is 47.2 Å². The first kappa shape index (κ1) is 15.4. The monoisotopic (exact) mass is 353 g/mol. The lowest BCUT2D eigenvalue weighted by atomic mass is 9.94. The molecule has 2 N–H and O–H groups in total. The van der Waals surface area contributed by atoms with Crippen LogP contribution in [0.25, 0.3) is 0 Å². The maximum absolute atomic E-state index is 9.92. The summed E-state index contributed by atoms with van der Waals surface area (Å²) in [6, 6.07) is 13.6. The molecule has 0 aromatic heterocycles. The van der Waals surface area contributed by atoms with E-state index in [0.717, 1.165) is 10.0 Å². The first-order valence-electron chi connectivity index (χ1n) is 6.37. The summed E-state index contributed by atoms with van der Waals surface area (Å²) in [5.41, 5.74) is 1.78. The minimum Gasteiger partial charge on any atom is -0.506 e. The third-order valence-corrected chi connectivity index (χ3v) is 4.19. The predicted octanol–water partition coefficient (Wildman–Crippen LogP) is 4.83. The van der Waals surface area contributed by atoms with Gasteiger partial charge in [0.1, 0.15) is 5.75 Å².